The zero-order valence-electron chi connectivity index (χ0n) is 14.9. The molecule has 0 bridgehead atoms. The van der Waals surface area contributed by atoms with Crippen LogP contribution in [-0.4, -0.2) is 17.6 Å². The van der Waals surface area contributed by atoms with Crippen LogP contribution in [0.15, 0.2) is 33.8 Å². The number of aryl methyl sites for hydroxylation is 2. The van der Waals surface area contributed by atoms with Gasteiger partial charge in [0.2, 0.25) is 0 Å². The van der Waals surface area contributed by atoms with Crippen molar-refractivity contribution in [3.8, 4) is 0 Å². The maximum absolute atomic E-state index is 12.6. The molecule has 0 spiro atoms. The van der Waals surface area contributed by atoms with Crippen LogP contribution in [0.5, 0.6) is 0 Å². The molecule has 0 saturated carbocycles. The Bertz CT molecular complexity index is 866. The predicted molar refractivity (Wildman–Crippen MR) is 98.0 cm³/mol. The van der Waals surface area contributed by atoms with Crippen molar-refractivity contribution in [1.29, 1.82) is 0 Å². The molecule has 1 aromatic heterocycles. The molecule has 136 valence electrons. The van der Waals surface area contributed by atoms with Crippen molar-refractivity contribution in [3.63, 3.8) is 0 Å². The first-order chi connectivity index (χ1) is 12.5. The van der Waals surface area contributed by atoms with Gasteiger partial charge < -0.3 is 15.5 Å². The molecule has 1 aromatic carbocycles. The topological polar surface area (TPSA) is 110 Å². The van der Waals surface area contributed by atoms with Crippen LogP contribution < -0.4 is 16.5 Å². The van der Waals surface area contributed by atoms with Gasteiger partial charge >= 0.3 is 6.03 Å². The normalized spacial score (nSPS) is 14.8. The van der Waals surface area contributed by atoms with E-state index in [0.29, 0.717) is 18.7 Å². The Morgan fingerprint density at radius 1 is 1.19 bits per heavy atom. The highest BCUT2D eigenvalue weighted by Crippen LogP contribution is 2.29. The molecule has 1 aliphatic carbocycles. The summed E-state index contributed by atoms with van der Waals surface area (Å²) in [5.74, 6) is 0.745. The molecule has 1 aliphatic rings. The molecular weight excluding hydrogens is 332 g/mol. The van der Waals surface area contributed by atoms with Gasteiger partial charge in [0.1, 0.15) is 5.76 Å². The molecule has 0 aliphatic heterocycles. The quantitative estimate of drug-likeness (QED) is 0.734. The Morgan fingerprint density at radius 3 is 2.62 bits per heavy atom. The molecule has 0 radical (unpaired) electrons. The maximum atomic E-state index is 12.6. The minimum Gasteiger partial charge on any atom is -0.455 e. The van der Waals surface area contributed by atoms with Crippen LogP contribution in [0.3, 0.4) is 0 Å². The second kappa shape index (κ2) is 7.43. The molecule has 0 atom stereocenters. The number of amides is 3. The van der Waals surface area contributed by atoms with Crippen molar-refractivity contribution in [2.75, 3.05) is 0 Å². The summed E-state index contributed by atoms with van der Waals surface area (Å²) in [4.78, 5) is 23.5. The molecule has 0 unspecified atom stereocenters. The molecular formula is C19H22N4O3. The van der Waals surface area contributed by atoms with E-state index in [2.05, 4.69) is 15.8 Å². The lowest BCUT2D eigenvalue weighted by atomic mass is 9.93. The van der Waals surface area contributed by atoms with Gasteiger partial charge in [-0.25, -0.2) is 10.2 Å². The number of nitrogens with two attached hydrogens (primary N) is 1. The Hall–Kier alpha value is -3.09. The molecule has 7 heteroatoms. The molecule has 3 amide bonds. The first-order valence-electron chi connectivity index (χ1n) is 8.54. The van der Waals surface area contributed by atoms with Crippen molar-refractivity contribution >= 4 is 17.6 Å². The van der Waals surface area contributed by atoms with Gasteiger partial charge in [0, 0.05) is 24.1 Å². The van der Waals surface area contributed by atoms with Gasteiger partial charge in [0.25, 0.3) is 5.91 Å². The zero-order valence-corrected chi connectivity index (χ0v) is 14.9. The van der Waals surface area contributed by atoms with Crippen LogP contribution in [0, 0.1) is 13.8 Å². The van der Waals surface area contributed by atoms with Gasteiger partial charge in [-0.05, 0) is 32.3 Å². The Morgan fingerprint density at radius 2 is 1.92 bits per heavy atom. The van der Waals surface area contributed by atoms with Crippen LogP contribution in [0.4, 0.5) is 4.79 Å². The highest BCUT2D eigenvalue weighted by Gasteiger charge is 2.27. The summed E-state index contributed by atoms with van der Waals surface area (Å²) in [6, 6.07) is 7.26. The number of hydrogen-bond donors (Lipinski definition) is 3. The number of hydrazone groups is 1. The third-order valence-electron chi connectivity index (χ3n) is 4.41. The van der Waals surface area contributed by atoms with E-state index in [9.17, 15) is 9.59 Å². The van der Waals surface area contributed by atoms with Crippen molar-refractivity contribution in [2.45, 2.75) is 39.7 Å². The van der Waals surface area contributed by atoms with Gasteiger partial charge in [0.05, 0.1) is 5.71 Å². The Kier molecular flexibility index (Phi) is 5.06. The minimum atomic E-state index is -0.721. The van der Waals surface area contributed by atoms with Gasteiger partial charge in [-0.2, -0.15) is 5.10 Å². The molecule has 0 saturated heterocycles. The fourth-order valence-electron chi connectivity index (χ4n) is 3.09. The lowest BCUT2D eigenvalue weighted by Gasteiger charge is -2.13. The highest BCUT2D eigenvalue weighted by atomic mass is 16.4. The second-order valence-electron chi connectivity index (χ2n) is 6.41. The predicted octanol–water partition coefficient (Wildman–Crippen LogP) is 2.54. The van der Waals surface area contributed by atoms with Crippen LogP contribution >= 0.6 is 0 Å². The summed E-state index contributed by atoms with van der Waals surface area (Å²) in [7, 11) is 0. The van der Waals surface area contributed by atoms with Gasteiger partial charge in [0.15, 0.2) is 5.76 Å². The van der Waals surface area contributed by atoms with Crippen LogP contribution in [0.25, 0.3) is 0 Å². The number of benzene rings is 1. The lowest BCUT2D eigenvalue weighted by Crippen LogP contribution is -2.27. The number of carbonyl (C=O) groups is 2. The number of fused-ring (bicyclic) bond motifs is 1. The molecule has 4 N–H and O–H groups in total. The number of nitrogens with zero attached hydrogens (tertiary/aromatic N) is 1. The molecule has 26 heavy (non-hydrogen) atoms. The van der Waals surface area contributed by atoms with E-state index < -0.39 is 6.03 Å². The van der Waals surface area contributed by atoms with Gasteiger partial charge in [-0.1, -0.05) is 29.8 Å². The number of urea groups is 1. The lowest BCUT2D eigenvalue weighted by molar-refractivity contribution is 0.0920. The summed E-state index contributed by atoms with van der Waals surface area (Å²) < 4.78 is 5.81. The van der Waals surface area contributed by atoms with Crippen molar-refractivity contribution in [2.24, 2.45) is 10.8 Å². The number of carbonyl (C=O) groups excluding carboxylic acids is 2. The fraction of sp³-hybridized carbons (Fsp3) is 0.316. The molecule has 2 aromatic rings. The third kappa shape index (κ3) is 3.77. The van der Waals surface area contributed by atoms with Crippen molar-refractivity contribution in [3.05, 3.63) is 58.0 Å². The van der Waals surface area contributed by atoms with E-state index in [1.54, 1.807) is 0 Å². The summed E-state index contributed by atoms with van der Waals surface area (Å²) in [5.41, 5.74) is 11.7. The highest BCUT2D eigenvalue weighted by molar-refractivity contribution is 6.06. The average molecular weight is 354 g/mol. The number of nitrogens with one attached hydrogen (secondary N) is 2. The molecule has 3 rings (SSSR count). The fourth-order valence-corrected chi connectivity index (χ4v) is 3.09. The van der Waals surface area contributed by atoms with Crippen LogP contribution in [0.1, 0.15) is 51.4 Å². The Balaban J connectivity index is 1.78. The van der Waals surface area contributed by atoms with E-state index in [0.717, 1.165) is 35.3 Å². The number of furan rings is 1. The van der Waals surface area contributed by atoms with Crippen molar-refractivity contribution in [1.82, 2.24) is 10.7 Å². The first kappa shape index (κ1) is 17.7. The summed E-state index contributed by atoms with van der Waals surface area (Å²) in [6.07, 6.45) is 2.26. The van der Waals surface area contributed by atoms with Gasteiger partial charge in [-0.15, -0.1) is 0 Å². The van der Waals surface area contributed by atoms with E-state index >= 15 is 0 Å². The number of hydrogen-bond acceptors (Lipinski definition) is 4. The van der Waals surface area contributed by atoms with Gasteiger partial charge in [-0.3, -0.25) is 4.79 Å². The summed E-state index contributed by atoms with van der Waals surface area (Å²) >= 11 is 0. The first-order valence-corrected chi connectivity index (χ1v) is 8.54. The van der Waals surface area contributed by atoms with Crippen molar-refractivity contribution < 1.29 is 14.0 Å². The monoisotopic (exact) mass is 354 g/mol. The largest absolute Gasteiger partial charge is 0.455 e. The zero-order chi connectivity index (χ0) is 18.7. The molecule has 1 heterocycles. The van der Waals surface area contributed by atoms with E-state index in [1.807, 2.05) is 38.1 Å². The second-order valence-corrected chi connectivity index (χ2v) is 6.41. The number of primary amides is 1. The summed E-state index contributed by atoms with van der Waals surface area (Å²) in [6.45, 7) is 4.27. The van der Waals surface area contributed by atoms with E-state index in [1.165, 1.54) is 5.56 Å². The molecule has 7 nitrogen and oxygen atoms in total. The van der Waals surface area contributed by atoms with Crippen LogP contribution in [0.2, 0.25) is 0 Å². The minimum absolute atomic E-state index is 0.264. The smallest absolute Gasteiger partial charge is 0.332 e. The standard InChI is InChI=1S/C19H22N4O3/c1-11-6-8-13(9-7-11)10-21-18(24)17-12(2)16-14(22-23-19(20)25)4-3-5-15(16)26-17/h6-9H,3-5,10H2,1-2H3,(H,21,24)(H3,20,23,25)/b22-14+. The Labute approximate surface area is 151 Å². The SMILES string of the molecule is Cc1ccc(CNC(=O)c2oc3c(c2C)/C(=N/NC(N)=O)CCC3)cc1. The number of rotatable bonds is 4. The maximum Gasteiger partial charge on any atom is 0.332 e. The van der Waals surface area contributed by atoms with E-state index in [-0.39, 0.29) is 11.7 Å². The van der Waals surface area contributed by atoms with Crippen LogP contribution in [-0.2, 0) is 13.0 Å². The molecule has 0 fully saturated rings. The third-order valence-corrected chi connectivity index (χ3v) is 4.41. The van der Waals surface area contributed by atoms with E-state index in [4.69, 9.17) is 10.2 Å². The summed E-state index contributed by atoms with van der Waals surface area (Å²) in [5, 5.41) is 6.95. The average Bonchev–Trinajstić information content (AvgIpc) is 2.97.